The first-order valence-electron chi connectivity index (χ1n) is 8.96. The second-order valence-electron chi connectivity index (χ2n) is 6.53. The lowest BCUT2D eigenvalue weighted by molar-refractivity contribution is 0.0602. The lowest BCUT2D eigenvalue weighted by Crippen LogP contribution is -2.28. The van der Waals surface area contributed by atoms with Crippen molar-refractivity contribution < 1.29 is 19.1 Å². The van der Waals surface area contributed by atoms with Gasteiger partial charge in [-0.25, -0.2) is 4.79 Å². The van der Waals surface area contributed by atoms with Crippen molar-refractivity contribution in [2.75, 3.05) is 7.11 Å². The highest BCUT2D eigenvalue weighted by Gasteiger charge is 2.23. The highest BCUT2D eigenvalue weighted by molar-refractivity contribution is 6.07. The van der Waals surface area contributed by atoms with Crippen LogP contribution >= 0.6 is 0 Å². The van der Waals surface area contributed by atoms with E-state index in [1.54, 1.807) is 19.1 Å². The van der Waals surface area contributed by atoms with Crippen LogP contribution in [0.25, 0.3) is 21.7 Å². The van der Waals surface area contributed by atoms with Gasteiger partial charge in [0.25, 0.3) is 5.91 Å². The molecule has 4 aromatic rings. The molecule has 0 bridgehead atoms. The number of aromatic nitrogens is 1. The number of carbonyl (C=O) groups excluding carboxylic acids is 2. The van der Waals surface area contributed by atoms with Gasteiger partial charge in [0, 0.05) is 11.6 Å². The Labute approximate surface area is 162 Å². The van der Waals surface area contributed by atoms with Crippen LogP contribution in [0.1, 0.15) is 22.1 Å². The van der Waals surface area contributed by atoms with Crippen LogP contribution in [0.3, 0.4) is 0 Å². The maximum Gasteiger partial charge on any atom is 0.340 e. The van der Waals surface area contributed by atoms with Gasteiger partial charge in [0.05, 0.1) is 18.2 Å². The second kappa shape index (κ2) is 7.19. The number of para-hydroxylation sites is 1. The molecule has 0 aliphatic heterocycles. The van der Waals surface area contributed by atoms with Gasteiger partial charge >= 0.3 is 5.97 Å². The number of carbonyl (C=O) groups is 2. The predicted molar refractivity (Wildman–Crippen MR) is 108 cm³/mol. The number of ether oxygens (including phenoxy) is 2. The molecule has 3 aromatic carbocycles. The Morgan fingerprint density at radius 2 is 1.64 bits per heavy atom. The standard InChI is InChI=1S/C23H19NO4/c1-15(28-18-12-11-16-7-3-4-8-17(16)13-18)22(25)24-14-20(23(26)27-2)19-9-5-6-10-21(19)24/h3-15H,1-2H3/t15-/m0/s1. The maximum absolute atomic E-state index is 13.0. The van der Waals surface area contributed by atoms with Crippen molar-refractivity contribution in [1.29, 1.82) is 0 Å². The van der Waals surface area contributed by atoms with Crippen molar-refractivity contribution in [3.8, 4) is 5.75 Å². The van der Waals surface area contributed by atoms with Crippen LogP contribution in [0.2, 0.25) is 0 Å². The summed E-state index contributed by atoms with van der Waals surface area (Å²) in [5.41, 5.74) is 0.992. The molecule has 0 radical (unpaired) electrons. The van der Waals surface area contributed by atoms with E-state index >= 15 is 0 Å². The summed E-state index contributed by atoms with van der Waals surface area (Å²) >= 11 is 0. The van der Waals surface area contributed by atoms with E-state index < -0.39 is 12.1 Å². The topological polar surface area (TPSA) is 57.5 Å². The Bertz CT molecular complexity index is 1190. The molecule has 1 atom stereocenters. The van der Waals surface area contributed by atoms with Crippen LogP contribution in [0.5, 0.6) is 5.75 Å². The number of hydrogen-bond donors (Lipinski definition) is 0. The minimum absolute atomic E-state index is 0.264. The van der Waals surface area contributed by atoms with Gasteiger partial charge in [0.15, 0.2) is 6.10 Å². The van der Waals surface area contributed by atoms with Gasteiger partial charge in [-0.3, -0.25) is 9.36 Å². The molecule has 0 saturated carbocycles. The zero-order chi connectivity index (χ0) is 19.7. The Balaban J connectivity index is 1.65. The van der Waals surface area contributed by atoms with Gasteiger partial charge in [-0.2, -0.15) is 0 Å². The van der Waals surface area contributed by atoms with Gasteiger partial charge < -0.3 is 9.47 Å². The Kier molecular flexibility index (Phi) is 4.57. The first-order chi connectivity index (χ1) is 13.6. The quantitative estimate of drug-likeness (QED) is 0.487. The highest BCUT2D eigenvalue weighted by Crippen LogP contribution is 2.24. The third-order valence-corrected chi connectivity index (χ3v) is 4.74. The summed E-state index contributed by atoms with van der Waals surface area (Å²) in [4.78, 5) is 25.1. The molecule has 0 amide bonds. The third-order valence-electron chi connectivity index (χ3n) is 4.74. The fourth-order valence-electron chi connectivity index (χ4n) is 3.33. The lowest BCUT2D eigenvalue weighted by atomic mass is 10.1. The first-order valence-corrected chi connectivity index (χ1v) is 8.96. The summed E-state index contributed by atoms with van der Waals surface area (Å²) in [5, 5.41) is 2.81. The number of hydrogen-bond acceptors (Lipinski definition) is 4. The second-order valence-corrected chi connectivity index (χ2v) is 6.53. The molecule has 0 spiro atoms. The summed E-state index contributed by atoms with van der Waals surface area (Å²) in [6, 6.07) is 20.9. The molecule has 1 aromatic heterocycles. The van der Waals surface area contributed by atoms with Crippen molar-refractivity contribution >= 4 is 33.6 Å². The predicted octanol–water partition coefficient (Wildman–Crippen LogP) is 4.69. The molecule has 0 N–H and O–H groups in total. The van der Waals surface area contributed by atoms with E-state index in [9.17, 15) is 9.59 Å². The summed E-state index contributed by atoms with van der Waals surface area (Å²) in [7, 11) is 1.32. The summed E-state index contributed by atoms with van der Waals surface area (Å²) < 4.78 is 12.2. The molecule has 5 nitrogen and oxygen atoms in total. The van der Waals surface area contributed by atoms with Crippen LogP contribution in [-0.4, -0.2) is 29.7 Å². The van der Waals surface area contributed by atoms with E-state index in [0.29, 0.717) is 22.2 Å². The number of methoxy groups -OCH3 is 1. The van der Waals surface area contributed by atoms with E-state index in [1.807, 2.05) is 54.6 Å². The molecule has 5 heteroatoms. The van der Waals surface area contributed by atoms with Gasteiger partial charge in [-0.1, -0.05) is 48.5 Å². The molecule has 0 fully saturated rings. The maximum atomic E-state index is 13.0. The lowest BCUT2D eigenvalue weighted by Gasteiger charge is -2.15. The fourth-order valence-corrected chi connectivity index (χ4v) is 3.33. The molecule has 1 heterocycles. The van der Waals surface area contributed by atoms with Crippen molar-refractivity contribution in [2.24, 2.45) is 0 Å². The normalized spacial score (nSPS) is 12.1. The van der Waals surface area contributed by atoms with Crippen LogP contribution in [0.15, 0.2) is 72.9 Å². The van der Waals surface area contributed by atoms with Crippen LogP contribution in [-0.2, 0) is 4.74 Å². The van der Waals surface area contributed by atoms with E-state index in [-0.39, 0.29) is 5.91 Å². The SMILES string of the molecule is COC(=O)c1cn(C(=O)[C@H](C)Oc2ccc3ccccc3c2)c2ccccc12. The van der Waals surface area contributed by atoms with E-state index in [2.05, 4.69) is 0 Å². The number of esters is 1. The average molecular weight is 373 g/mol. The summed E-state index contributed by atoms with van der Waals surface area (Å²) in [6.07, 6.45) is 0.779. The zero-order valence-electron chi connectivity index (χ0n) is 15.6. The number of rotatable bonds is 4. The monoisotopic (exact) mass is 373 g/mol. The molecule has 28 heavy (non-hydrogen) atoms. The van der Waals surface area contributed by atoms with Crippen molar-refractivity contribution in [2.45, 2.75) is 13.0 Å². The van der Waals surface area contributed by atoms with E-state index in [4.69, 9.17) is 9.47 Å². The molecule has 0 unspecified atom stereocenters. The molecule has 0 aliphatic rings. The molecular weight excluding hydrogens is 354 g/mol. The molecular formula is C23H19NO4. The van der Waals surface area contributed by atoms with Gasteiger partial charge in [0.2, 0.25) is 0 Å². The van der Waals surface area contributed by atoms with Crippen LogP contribution < -0.4 is 4.74 Å². The fraction of sp³-hybridized carbons (Fsp3) is 0.130. The number of fused-ring (bicyclic) bond motifs is 2. The zero-order valence-corrected chi connectivity index (χ0v) is 15.6. The first kappa shape index (κ1) is 17.8. The highest BCUT2D eigenvalue weighted by atomic mass is 16.5. The summed E-state index contributed by atoms with van der Waals surface area (Å²) in [6.45, 7) is 1.70. The van der Waals surface area contributed by atoms with Gasteiger partial charge in [0.1, 0.15) is 5.75 Å². The van der Waals surface area contributed by atoms with Crippen molar-refractivity contribution in [3.05, 3.63) is 78.5 Å². The number of benzene rings is 3. The van der Waals surface area contributed by atoms with E-state index in [1.165, 1.54) is 17.9 Å². The Morgan fingerprint density at radius 3 is 2.43 bits per heavy atom. The minimum Gasteiger partial charge on any atom is -0.481 e. The summed E-state index contributed by atoms with van der Waals surface area (Å²) in [5.74, 6) is -0.130. The molecule has 0 aliphatic carbocycles. The van der Waals surface area contributed by atoms with Gasteiger partial charge in [-0.15, -0.1) is 0 Å². The number of nitrogens with zero attached hydrogens (tertiary/aromatic N) is 1. The van der Waals surface area contributed by atoms with E-state index in [0.717, 1.165) is 10.8 Å². The van der Waals surface area contributed by atoms with Gasteiger partial charge in [-0.05, 0) is 35.9 Å². The molecule has 140 valence electrons. The average Bonchev–Trinajstić information content (AvgIpc) is 3.12. The van der Waals surface area contributed by atoms with Crippen molar-refractivity contribution in [1.82, 2.24) is 4.57 Å². The van der Waals surface area contributed by atoms with Crippen molar-refractivity contribution in [3.63, 3.8) is 0 Å². The van der Waals surface area contributed by atoms with Crippen LogP contribution in [0, 0.1) is 0 Å². The largest absolute Gasteiger partial charge is 0.481 e. The Morgan fingerprint density at radius 1 is 0.929 bits per heavy atom. The van der Waals surface area contributed by atoms with Crippen LogP contribution in [0.4, 0.5) is 0 Å². The minimum atomic E-state index is -0.734. The molecule has 0 saturated heterocycles. The Hall–Kier alpha value is -3.60. The smallest absolute Gasteiger partial charge is 0.340 e. The molecule has 4 rings (SSSR count). The third kappa shape index (κ3) is 3.11.